The van der Waals surface area contributed by atoms with Gasteiger partial charge >= 0.3 is 0 Å². The lowest BCUT2D eigenvalue weighted by molar-refractivity contribution is -0.136. The molecule has 30 heavy (non-hydrogen) atoms. The Hall–Kier alpha value is -2.17. The van der Waals surface area contributed by atoms with Crippen LogP contribution in [-0.4, -0.2) is 47.3 Å². The number of halogens is 2. The first-order chi connectivity index (χ1) is 14.1. The zero-order chi connectivity index (χ0) is 22.2. The number of fused-ring (bicyclic) bond motifs is 1. The van der Waals surface area contributed by atoms with Crippen molar-refractivity contribution in [1.29, 1.82) is 5.26 Å². The molecular formula is C22H25ClFN3O2S. The molecule has 2 amide bonds. The van der Waals surface area contributed by atoms with Gasteiger partial charge in [-0.2, -0.15) is 5.26 Å². The zero-order valence-electron chi connectivity index (χ0n) is 17.5. The largest absolute Gasteiger partial charge is 0.329 e. The summed E-state index contributed by atoms with van der Waals surface area (Å²) in [6, 6.07) is 5.26. The highest BCUT2D eigenvalue weighted by Crippen LogP contribution is 2.37. The smallest absolute Gasteiger partial charge is 0.265 e. The van der Waals surface area contributed by atoms with E-state index in [1.807, 2.05) is 20.8 Å². The number of hydrogen-bond donors (Lipinski definition) is 0. The van der Waals surface area contributed by atoms with Gasteiger partial charge in [-0.15, -0.1) is 11.3 Å². The number of thiophene rings is 1. The molecule has 8 heteroatoms. The highest BCUT2D eigenvalue weighted by atomic mass is 35.5. The summed E-state index contributed by atoms with van der Waals surface area (Å²) in [7, 11) is 1.59. The van der Waals surface area contributed by atoms with Gasteiger partial charge in [-0.25, -0.2) is 4.39 Å². The summed E-state index contributed by atoms with van der Waals surface area (Å²) in [5, 5.41) is 10.3. The lowest BCUT2D eigenvalue weighted by atomic mass is 10.0. The van der Waals surface area contributed by atoms with Crippen molar-refractivity contribution in [2.24, 2.45) is 11.8 Å². The number of likely N-dealkylation sites (tertiary alicyclic amines) is 1. The van der Waals surface area contributed by atoms with Gasteiger partial charge in [0.05, 0.1) is 11.1 Å². The quantitative estimate of drug-likeness (QED) is 0.649. The molecule has 0 N–H and O–H groups in total. The summed E-state index contributed by atoms with van der Waals surface area (Å²) in [6.45, 7) is 6.50. The molecule has 2 heterocycles. The van der Waals surface area contributed by atoms with Crippen LogP contribution in [0.4, 0.5) is 4.39 Å². The predicted octanol–water partition coefficient (Wildman–Crippen LogP) is 4.94. The second-order valence-corrected chi connectivity index (χ2v) is 9.85. The van der Waals surface area contributed by atoms with Crippen LogP contribution in [0.1, 0.15) is 43.3 Å². The number of likely N-dealkylation sites (N-methyl/N-ethyl adjacent to an activating group) is 1. The fourth-order valence-corrected chi connectivity index (χ4v) is 5.47. The number of carbonyl (C=O) groups is 2. The Morgan fingerprint density at radius 3 is 2.77 bits per heavy atom. The molecule has 5 nitrogen and oxygen atoms in total. The Labute approximate surface area is 185 Å². The van der Waals surface area contributed by atoms with Gasteiger partial charge in [0.15, 0.2) is 0 Å². The van der Waals surface area contributed by atoms with Crippen LogP contribution in [0.5, 0.6) is 0 Å². The van der Waals surface area contributed by atoms with Crippen LogP contribution in [0, 0.1) is 29.0 Å². The molecular weight excluding hydrogens is 425 g/mol. The third-order valence-corrected chi connectivity index (χ3v) is 7.14. The first-order valence-corrected chi connectivity index (χ1v) is 11.2. The van der Waals surface area contributed by atoms with Gasteiger partial charge in [-0.05, 0) is 42.9 Å². The third kappa shape index (κ3) is 4.30. The standard InChI is InChI=1S/C22H25ClFN3O2S/c1-12(2)7-17(21(28)27-11-13(3)8-15(27)10-25)26(4)22(29)20-19(23)16-6-5-14(24)9-18(16)30-20/h5-6,9,12-13,15,17H,7-8,11H2,1-4H3. The van der Waals surface area contributed by atoms with Gasteiger partial charge in [-0.1, -0.05) is 32.4 Å². The molecule has 0 aliphatic carbocycles. The highest BCUT2D eigenvalue weighted by molar-refractivity contribution is 7.21. The molecule has 1 fully saturated rings. The molecule has 0 spiro atoms. The highest BCUT2D eigenvalue weighted by Gasteiger charge is 2.39. The van der Waals surface area contributed by atoms with E-state index in [2.05, 4.69) is 6.07 Å². The summed E-state index contributed by atoms with van der Waals surface area (Å²) < 4.78 is 14.2. The van der Waals surface area contributed by atoms with Crippen LogP contribution in [-0.2, 0) is 4.79 Å². The number of rotatable bonds is 5. The van der Waals surface area contributed by atoms with Crippen LogP contribution in [0.2, 0.25) is 5.02 Å². The molecule has 1 aliphatic rings. The van der Waals surface area contributed by atoms with Crippen LogP contribution in [0.25, 0.3) is 10.1 Å². The van der Waals surface area contributed by atoms with Crippen molar-refractivity contribution in [2.75, 3.05) is 13.6 Å². The van der Waals surface area contributed by atoms with Crippen LogP contribution in [0.3, 0.4) is 0 Å². The normalized spacial score (nSPS) is 19.9. The van der Waals surface area contributed by atoms with Crippen LogP contribution < -0.4 is 0 Å². The van der Waals surface area contributed by atoms with Crippen LogP contribution >= 0.6 is 22.9 Å². The first kappa shape index (κ1) is 22.5. The van der Waals surface area contributed by atoms with Crippen molar-refractivity contribution in [3.63, 3.8) is 0 Å². The SMILES string of the molecule is CC(C)CC(C(=O)N1CC(C)CC1C#N)N(C)C(=O)c1sc2cc(F)ccc2c1Cl. The number of amides is 2. The fourth-order valence-electron chi connectivity index (χ4n) is 3.95. The number of nitrogens with zero attached hydrogens (tertiary/aromatic N) is 3. The lowest BCUT2D eigenvalue weighted by Gasteiger charge is -2.32. The Morgan fingerprint density at radius 1 is 1.43 bits per heavy atom. The predicted molar refractivity (Wildman–Crippen MR) is 117 cm³/mol. The molecule has 1 aliphatic heterocycles. The molecule has 0 saturated carbocycles. The molecule has 1 saturated heterocycles. The van der Waals surface area contributed by atoms with Crippen molar-refractivity contribution < 1.29 is 14.0 Å². The van der Waals surface area contributed by atoms with Crippen molar-refractivity contribution >= 4 is 44.8 Å². The van der Waals surface area contributed by atoms with E-state index in [-0.39, 0.29) is 33.5 Å². The van der Waals surface area contributed by atoms with E-state index in [1.54, 1.807) is 18.0 Å². The second-order valence-electron chi connectivity index (χ2n) is 8.42. The van der Waals surface area contributed by atoms with Crippen LogP contribution in [0.15, 0.2) is 18.2 Å². The van der Waals surface area contributed by atoms with Gasteiger partial charge < -0.3 is 9.80 Å². The van der Waals surface area contributed by atoms with E-state index in [0.29, 0.717) is 29.5 Å². The lowest BCUT2D eigenvalue weighted by Crippen LogP contribution is -2.51. The molecule has 1 aromatic heterocycles. The van der Waals surface area contributed by atoms with Gasteiger partial charge in [0.1, 0.15) is 22.8 Å². The van der Waals surface area contributed by atoms with E-state index in [9.17, 15) is 19.2 Å². The molecule has 2 aromatic rings. The average Bonchev–Trinajstić information content (AvgIpc) is 3.23. The summed E-state index contributed by atoms with van der Waals surface area (Å²) in [6.07, 6.45) is 1.11. The minimum atomic E-state index is -0.698. The molecule has 3 unspecified atom stereocenters. The third-order valence-electron chi connectivity index (χ3n) is 5.50. The Morgan fingerprint density at radius 2 is 2.13 bits per heavy atom. The zero-order valence-corrected chi connectivity index (χ0v) is 19.1. The van der Waals surface area contributed by atoms with Crippen molar-refractivity contribution in [2.45, 2.75) is 45.7 Å². The van der Waals surface area contributed by atoms with E-state index < -0.39 is 17.9 Å². The topological polar surface area (TPSA) is 64.4 Å². The Kier molecular flexibility index (Phi) is 6.68. The summed E-state index contributed by atoms with van der Waals surface area (Å²) >= 11 is 7.55. The number of hydrogen-bond acceptors (Lipinski definition) is 4. The maximum absolute atomic E-state index is 13.6. The van der Waals surface area contributed by atoms with E-state index in [1.165, 1.54) is 17.0 Å². The number of nitriles is 1. The molecule has 1 aromatic carbocycles. The monoisotopic (exact) mass is 449 g/mol. The number of carbonyl (C=O) groups excluding carboxylic acids is 2. The second kappa shape index (κ2) is 8.91. The molecule has 160 valence electrons. The number of benzene rings is 1. The van der Waals surface area contributed by atoms with Crippen molar-refractivity contribution in [3.8, 4) is 6.07 Å². The van der Waals surface area contributed by atoms with Crippen molar-refractivity contribution in [3.05, 3.63) is 33.9 Å². The minimum absolute atomic E-state index is 0.168. The van der Waals surface area contributed by atoms with Gasteiger partial charge in [0, 0.05) is 23.7 Å². The molecule has 3 atom stereocenters. The first-order valence-electron chi connectivity index (χ1n) is 9.98. The molecule has 0 radical (unpaired) electrons. The maximum Gasteiger partial charge on any atom is 0.265 e. The molecule has 0 bridgehead atoms. The van der Waals surface area contributed by atoms with Gasteiger partial charge in [0.25, 0.3) is 5.91 Å². The summed E-state index contributed by atoms with van der Waals surface area (Å²) in [5.74, 6) is -0.570. The van der Waals surface area contributed by atoms with E-state index in [4.69, 9.17) is 11.6 Å². The Bertz CT molecular complexity index is 1020. The van der Waals surface area contributed by atoms with Gasteiger partial charge in [-0.3, -0.25) is 9.59 Å². The Balaban J connectivity index is 1.93. The fraction of sp³-hybridized carbons (Fsp3) is 0.500. The minimum Gasteiger partial charge on any atom is -0.329 e. The summed E-state index contributed by atoms with van der Waals surface area (Å²) in [4.78, 5) is 30.0. The van der Waals surface area contributed by atoms with Gasteiger partial charge in [0.2, 0.25) is 5.91 Å². The van der Waals surface area contributed by atoms with Crippen molar-refractivity contribution in [1.82, 2.24) is 9.80 Å². The maximum atomic E-state index is 13.6. The van der Waals surface area contributed by atoms with E-state index >= 15 is 0 Å². The molecule has 3 rings (SSSR count). The average molecular weight is 450 g/mol. The summed E-state index contributed by atoms with van der Waals surface area (Å²) in [5.41, 5.74) is 0. The van der Waals surface area contributed by atoms with E-state index in [0.717, 1.165) is 11.3 Å².